The van der Waals surface area contributed by atoms with Gasteiger partial charge in [0.25, 0.3) is 11.6 Å². The van der Waals surface area contributed by atoms with Crippen molar-refractivity contribution in [2.45, 2.75) is 17.7 Å². The van der Waals surface area contributed by atoms with Crippen molar-refractivity contribution in [1.29, 1.82) is 0 Å². The second-order valence-electron chi connectivity index (χ2n) is 6.51. The van der Waals surface area contributed by atoms with Crippen LogP contribution >= 0.6 is 11.6 Å². The molecule has 0 bridgehead atoms. The van der Waals surface area contributed by atoms with Gasteiger partial charge < -0.3 is 10.2 Å². The van der Waals surface area contributed by atoms with Crippen molar-refractivity contribution in [2.24, 2.45) is 0 Å². The monoisotopic (exact) mass is 437 g/mol. The van der Waals surface area contributed by atoms with Crippen molar-refractivity contribution < 1.29 is 22.9 Å². The minimum Gasteiger partial charge on any atom is -0.321 e. The van der Waals surface area contributed by atoms with E-state index in [1.165, 1.54) is 12.1 Å². The highest BCUT2D eigenvalue weighted by atomic mass is 35.5. The number of sulfone groups is 1. The molecule has 9 nitrogen and oxygen atoms in total. The van der Waals surface area contributed by atoms with E-state index in [0.717, 1.165) is 30.9 Å². The first kappa shape index (κ1) is 20.7. The van der Waals surface area contributed by atoms with Crippen LogP contribution in [0, 0.1) is 10.1 Å². The van der Waals surface area contributed by atoms with Crippen molar-refractivity contribution in [3.8, 4) is 0 Å². The number of hydrogen-bond acceptors (Lipinski definition) is 6. The molecule has 1 aliphatic heterocycles. The Morgan fingerprint density at radius 1 is 1.24 bits per heavy atom. The second-order valence-corrected chi connectivity index (χ2v) is 8.94. The number of hydrogen-bond donors (Lipinski definition) is 1. The Morgan fingerprint density at radius 3 is 2.55 bits per heavy atom. The van der Waals surface area contributed by atoms with Crippen molar-refractivity contribution in [3.05, 3.63) is 57.1 Å². The van der Waals surface area contributed by atoms with Gasteiger partial charge in [0.2, 0.25) is 5.91 Å². The highest BCUT2D eigenvalue weighted by Gasteiger charge is 2.23. The van der Waals surface area contributed by atoms with Crippen molar-refractivity contribution >= 4 is 50.3 Å². The van der Waals surface area contributed by atoms with E-state index in [-0.39, 0.29) is 27.1 Å². The lowest BCUT2D eigenvalue weighted by Gasteiger charge is -2.17. The van der Waals surface area contributed by atoms with Crippen LogP contribution in [0.1, 0.15) is 23.2 Å². The Bertz CT molecular complexity index is 1130. The maximum atomic E-state index is 12.6. The van der Waals surface area contributed by atoms with E-state index in [2.05, 4.69) is 5.32 Å². The molecular formula is C18H16ClN3O6S. The molecule has 0 aromatic heterocycles. The van der Waals surface area contributed by atoms with Gasteiger partial charge >= 0.3 is 0 Å². The van der Waals surface area contributed by atoms with Gasteiger partial charge in [0.1, 0.15) is 0 Å². The van der Waals surface area contributed by atoms with Crippen LogP contribution in [0.4, 0.5) is 17.1 Å². The molecule has 1 heterocycles. The molecule has 29 heavy (non-hydrogen) atoms. The van der Waals surface area contributed by atoms with Crippen LogP contribution < -0.4 is 10.2 Å². The molecule has 1 N–H and O–H groups in total. The summed E-state index contributed by atoms with van der Waals surface area (Å²) in [6, 6.07) is 7.62. The maximum Gasteiger partial charge on any atom is 0.271 e. The Hall–Kier alpha value is -2.98. The molecule has 0 aliphatic carbocycles. The number of nitrogens with zero attached hydrogens (tertiary/aromatic N) is 2. The maximum absolute atomic E-state index is 12.6. The topological polar surface area (TPSA) is 127 Å². The van der Waals surface area contributed by atoms with Crippen LogP contribution in [0.2, 0.25) is 5.02 Å². The van der Waals surface area contributed by atoms with E-state index in [9.17, 15) is 28.1 Å². The normalized spacial score (nSPS) is 14.1. The summed E-state index contributed by atoms with van der Waals surface area (Å²) in [7, 11) is -3.77. The number of amides is 2. The summed E-state index contributed by atoms with van der Waals surface area (Å²) < 4.78 is 23.6. The van der Waals surface area contributed by atoms with Gasteiger partial charge in [-0.25, -0.2) is 8.42 Å². The molecular weight excluding hydrogens is 422 g/mol. The molecule has 0 spiro atoms. The Balaban J connectivity index is 1.95. The zero-order valence-corrected chi connectivity index (χ0v) is 16.8. The van der Waals surface area contributed by atoms with E-state index < -0.39 is 26.4 Å². The number of halogens is 1. The molecule has 0 unspecified atom stereocenters. The molecule has 11 heteroatoms. The van der Waals surface area contributed by atoms with Gasteiger partial charge in [0.05, 0.1) is 20.5 Å². The second kappa shape index (κ2) is 7.80. The molecule has 0 radical (unpaired) electrons. The standard InChI is InChI=1S/C18H16ClN3O6S/c1-29(27,28)14-8-11(7-13(9-14)22(25)26)18(24)20-16-10-12(4-5-15(16)19)21-6-2-3-17(21)23/h4-5,7-10H,2-3,6H2,1H3,(H,20,24). The van der Waals surface area contributed by atoms with Crippen molar-refractivity contribution in [2.75, 3.05) is 23.0 Å². The number of carbonyl (C=O) groups is 2. The number of nitrogens with one attached hydrogen (secondary N) is 1. The number of carbonyl (C=O) groups excluding carboxylic acids is 2. The predicted octanol–water partition coefficient (Wildman–Crippen LogP) is 3.03. The minimum atomic E-state index is -3.77. The van der Waals surface area contributed by atoms with Gasteiger partial charge in [0.15, 0.2) is 9.84 Å². The van der Waals surface area contributed by atoms with E-state index in [4.69, 9.17) is 11.6 Å². The lowest BCUT2D eigenvalue weighted by Crippen LogP contribution is -2.24. The number of nitro groups is 1. The van der Waals surface area contributed by atoms with Gasteiger partial charge in [-0.2, -0.15) is 0 Å². The Labute approximate surface area is 171 Å². The Kier molecular flexibility index (Phi) is 5.58. The number of nitro benzene ring substituents is 1. The van der Waals surface area contributed by atoms with E-state index in [1.807, 2.05) is 0 Å². The van der Waals surface area contributed by atoms with Crippen LogP contribution in [0.25, 0.3) is 0 Å². The van der Waals surface area contributed by atoms with Crippen LogP contribution in [-0.2, 0) is 14.6 Å². The molecule has 1 aliphatic rings. The quantitative estimate of drug-likeness (QED) is 0.565. The molecule has 2 amide bonds. The fourth-order valence-electron chi connectivity index (χ4n) is 2.93. The molecule has 1 saturated heterocycles. The number of rotatable bonds is 5. The molecule has 0 atom stereocenters. The summed E-state index contributed by atoms with van der Waals surface area (Å²) in [5, 5.41) is 13.8. The third kappa shape index (κ3) is 4.54. The fraction of sp³-hybridized carbons (Fsp3) is 0.222. The van der Waals surface area contributed by atoms with Crippen LogP contribution in [-0.4, -0.2) is 38.0 Å². The zero-order chi connectivity index (χ0) is 21.3. The molecule has 2 aromatic rings. The molecule has 3 rings (SSSR count). The average Bonchev–Trinajstić information content (AvgIpc) is 3.08. The van der Waals surface area contributed by atoms with Gasteiger partial charge in [-0.1, -0.05) is 11.6 Å². The largest absolute Gasteiger partial charge is 0.321 e. The lowest BCUT2D eigenvalue weighted by molar-refractivity contribution is -0.385. The lowest BCUT2D eigenvalue weighted by atomic mass is 10.1. The van der Waals surface area contributed by atoms with Crippen LogP contribution in [0.5, 0.6) is 0 Å². The highest BCUT2D eigenvalue weighted by Crippen LogP contribution is 2.31. The van der Waals surface area contributed by atoms with Crippen LogP contribution in [0.15, 0.2) is 41.3 Å². The van der Waals surface area contributed by atoms with Gasteiger partial charge in [-0.05, 0) is 30.7 Å². The molecule has 1 fully saturated rings. The number of non-ortho nitro benzene ring substituents is 1. The molecule has 0 saturated carbocycles. The first-order valence-corrected chi connectivity index (χ1v) is 10.7. The number of benzene rings is 2. The first-order valence-electron chi connectivity index (χ1n) is 8.47. The van der Waals surface area contributed by atoms with Crippen LogP contribution in [0.3, 0.4) is 0 Å². The van der Waals surface area contributed by atoms with E-state index in [1.54, 1.807) is 11.0 Å². The smallest absolute Gasteiger partial charge is 0.271 e. The van der Waals surface area contributed by atoms with Gasteiger partial charge in [-0.3, -0.25) is 19.7 Å². The number of anilines is 2. The fourth-order valence-corrected chi connectivity index (χ4v) is 3.77. The van der Waals surface area contributed by atoms with E-state index in [0.29, 0.717) is 18.7 Å². The minimum absolute atomic E-state index is 0.0407. The zero-order valence-electron chi connectivity index (χ0n) is 15.2. The highest BCUT2D eigenvalue weighted by molar-refractivity contribution is 7.90. The average molecular weight is 438 g/mol. The SMILES string of the molecule is CS(=O)(=O)c1cc(C(=O)Nc2cc(N3CCCC3=O)ccc2Cl)cc([N+](=O)[O-])c1. The summed E-state index contributed by atoms with van der Waals surface area (Å²) in [5.41, 5.74) is 0.0169. The Morgan fingerprint density at radius 2 is 1.97 bits per heavy atom. The summed E-state index contributed by atoms with van der Waals surface area (Å²) in [5.74, 6) is -0.813. The third-order valence-electron chi connectivity index (χ3n) is 4.38. The summed E-state index contributed by atoms with van der Waals surface area (Å²) in [6.07, 6.45) is 2.05. The first-order chi connectivity index (χ1) is 13.6. The third-order valence-corrected chi connectivity index (χ3v) is 5.80. The van der Waals surface area contributed by atoms with Gasteiger partial charge in [-0.15, -0.1) is 0 Å². The predicted molar refractivity (Wildman–Crippen MR) is 107 cm³/mol. The molecule has 2 aromatic carbocycles. The summed E-state index contributed by atoms with van der Waals surface area (Å²) in [6.45, 7) is 0.552. The van der Waals surface area contributed by atoms with Crippen molar-refractivity contribution in [3.63, 3.8) is 0 Å². The summed E-state index contributed by atoms with van der Waals surface area (Å²) >= 11 is 6.13. The van der Waals surface area contributed by atoms with Crippen molar-refractivity contribution in [1.82, 2.24) is 0 Å². The molecule has 152 valence electrons. The summed E-state index contributed by atoms with van der Waals surface area (Å²) in [4.78, 5) is 36.1. The van der Waals surface area contributed by atoms with Gasteiger partial charge in [0, 0.05) is 42.6 Å². The van der Waals surface area contributed by atoms with E-state index >= 15 is 0 Å².